The van der Waals surface area contributed by atoms with Crippen LogP contribution in [0, 0.1) is 12.7 Å². The van der Waals surface area contributed by atoms with Crippen molar-refractivity contribution in [2.45, 2.75) is 52.1 Å². The molecule has 2 atom stereocenters. The van der Waals surface area contributed by atoms with Gasteiger partial charge < -0.3 is 4.90 Å². The summed E-state index contributed by atoms with van der Waals surface area (Å²) in [6.07, 6.45) is 3.58. The first-order valence-corrected chi connectivity index (χ1v) is 6.14. The van der Waals surface area contributed by atoms with Crippen molar-refractivity contribution in [3.8, 4) is 0 Å². The van der Waals surface area contributed by atoms with Crippen LogP contribution in [-0.4, -0.2) is 12.1 Å². The summed E-state index contributed by atoms with van der Waals surface area (Å²) in [4.78, 5) is 2.23. The van der Waals surface area contributed by atoms with Crippen molar-refractivity contribution in [3.63, 3.8) is 0 Å². The van der Waals surface area contributed by atoms with E-state index in [1.54, 1.807) is 6.07 Å². The fraction of sp³-hybridized carbons (Fsp3) is 0.571. The number of halogens is 1. The summed E-state index contributed by atoms with van der Waals surface area (Å²) in [7, 11) is 0. The molecule has 1 nitrogen and oxygen atoms in total. The lowest BCUT2D eigenvalue weighted by Crippen LogP contribution is -2.44. The van der Waals surface area contributed by atoms with Crippen molar-refractivity contribution in [3.05, 3.63) is 29.6 Å². The van der Waals surface area contributed by atoms with Gasteiger partial charge >= 0.3 is 0 Å². The number of nitrogens with zero attached hydrogens (tertiary/aromatic N) is 1. The topological polar surface area (TPSA) is 3.24 Å². The fourth-order valence-electron chi connectivity index (χ4n) is 2.72. The van der Waals surface area contributed by atoms with Crippen LogP contribution in [0.1, 0.15) is 38.7 Å². The normalized spacial score (nSPS) is 25.9. The Labute approximate surface area is 97.3 Å². The van der Waals surface area contributed by atoms with Gasteiger partial charge in [0.15, 0.2) is 0 Å². The molecule has 2 rings (SSSR count). The predicted molar refractivity (Wildman–Crippen MR) is 66.4 cm³/mol. The van der Waals surface area contributed by atoms with E-state index in [1.807, 2.05) is 19.1 Å². The Balaban J connectivity index is 2.34. The monoisotopic (exact) mass is 221 g/mol. The van der Waals surface area contributed by atoms with E-state index in [0.29, 0.717) is 12.1 Å². The van der Waals surface area contributed by atoms with Gasteiger partial charge in [-0.3, -0.25) is 0 Å². The van der Waals surface area contributed by atoms with Crippen molar-refractivity contribution in [1.82, 2.24) is 0 Å². The second kappa shape index (κ2) is 4.44. The summed E-state index contributed by atoms with van der Waals surface area (Å²) in [5.41, 5.74) is 1.75. The van der Waals surface area contributed by atoms with Gasteiger partial charge in [0, 0.05) is 12.1 Å². The maximum Gasteiger partial charge on any atom is 0.146 e. The molecule has 0 aromatic heterocycles. The first-order chi connectivity index (χ1) is 7.59. The lowest BCUT2D eigenvalue weighted by Gasteiger charge is -2.41. The van der Waals surface area contributed by atoms with Gasteiger partial charge in [-0.2, -0.15) is 0 Å². The molecule has 1 heterocycles. The minimum absolute atomic E-state index is 0.0828. The molecule has 1 aliphatic rings. The molecule has 0 spiro atoms. The highest BCUT2D eigenvalue weighted by Gasteiger charge is 2.26. The number of piperidine rings is 1. The van der Waals surface area contributed by atoms with E-state index < -0.39 is 0 Å². The van der Waals surface area contributed by atoms with Gasteiger partial charge in [-0.1, -0.05) is 6.07 Å². The van der Waals surface area contributed by atoms with E-state index in [2.05, 4.69) is 18.7 Å². The number of rotatable bonds is 1. The molecular formula is C14H20FN. The van der Waals surface area contributed by atoms with Gasteiger partial charge in [0.1, 0.15) is 5.82 Å². The van der Waals surface area contributed by atoms with Crippen LogP contribution in [-0.2, 0) is 0 Å². The van der Waals surface area contributed by atoms with Gasteiger partial charge in [0.25, 0.3) is 0 Å². The molecule has 2 unspecified atom stereocenters. The molecular weight excluding hydrogens is 201 g/mol. The van der Waals surface area contributed by atoms with Crippen molar-refractivity contribution >= 4 is 5.69 Å². The first kappa shape index (κ1) is 11.4. The minimum Gasteiger partial charge on any atom is -0.364 e. The molecule has 1 aliphatic heterocycles. The van der Waals surface area contributed by atoms with Crippen LogP contribution in [0.3, 0.4) is 0 Å². The molecule has 0 amide bonds. The van der Waals surface area contributed by atoms with E-state index in [0.717, 1.165) is 24.1 Å². The Bertz CT molecular complexity index is 365. The summed E-state index contributed by atoms with van der Waals surface area (Å²) in [6, 6.07) is 6.43. The molecule has 1 aromatic carbocycles. The highest BCUT2D eigenvalue weighted by molar-refractivity contribution is 5.51. The zero-order valence-corrected chi connectivity index (χ0v) is 10.3. The predicted octanol–water partition coefficient (Wildman–Crippen LogP) is 3.90. The van der Waals surface area contributed by atoms with Crippen LogP contribution < -0.4 is 4.90 Å². The van der Waals surface area contributed by atoms with Crippen molar-refractivity contribution in [2.24, 2.45) is 0 Å². The van der Waals surface area contributed by atoms with Crippen LogP contribution >= 0.6 is 0 Å². The maximum atomic E-state index is 13.9. The van der Waals surface area contributed by atoms with Crippen molar-refractivity contribution < 1.29 is 4.39 Å². The second-order valence-corrected chi connectivity index (χ2v) is 4.99. The molecule has 0 radical (unpaired) electrons. The number of anilines is 1. The van der Waals surface area contributed by atoms with Crippen molar-refractivity contribution in [2.75, 3.05) is 4.90 Å². The summed E-state index contributed by atoms with van der Waals surface area (Å²) in [6.45, 7) is 6.31. The Hall–Kier alpha value is -1.05. The van der Waals surface area contributed by atoms with Gasteiger partial charge in [0.2, 0.25) is 0 Å². The fourth-order valence-corrected chi connectivity index (χ4v) is 2.72. The standard InChI is InChI=1S/C14H20FN/c1-10-7-8-14(13(15)9-10)16-11(2)5-4-6-12(16)3/h7-9,11-12H,4-6H2,1-3H3. The van der Waals surface area contributed by atoms with Crippen LogP contribution in [0.2, 0.25) is 0 Å². The Kier molecular flexibility index (Phi) is 3.17. The number of hydrogen-bond donors (Lipinski definition) is 0. The third-order valence-electron chi connectivity index (χ3n) is 3.57. The summed E-state index contributed by atoms with van der Waals surface area (Å²) >= 11 is 0. The Morgan fingerprint density at radius 1 is 1.19 bits per heavy atom. The number of aryl methyl sites for hydroxylation is 1. The largest absolute Gasteiger partial charge is 0.364 e. The van der Waals surface area contributed by atoms with Crippen LogP contribution in [0.4, 0.5) is 10.1 Å². The molecule has 0 bridgehead atoms. The minimum atomic E-state index is -0.0828. The zero-order chi connectivity index (χ0) is 11.7. The molecule has 16 heavy (non-hydrogen) atoms. The molecule has 0 N–H and O–H groups in total. The maximum absolute atomic E-state index is 13.9. The van der Waals surface area contributed by atoms with Crippen LogP contribution in [0.15, 0.2) is 18.2 Å². The first-order valence-electron chi connectivity index (χ1n) is 6.14. The van der Waals surface area contributed by atoms with Crippen molar-refractivity contribution in [1.29, 1.82) is 0 Å². The summed E-state index contributed by atoms with van der Waals surface area (Å²) in [5, 5.41) is 0. The molecule has 88 valence electrons. The molecule has 1 fully saturated rings. The average molecular weight is 221 g/mol. The average Bonchev–Trinajstić information content (AvgIpc) is 2.20. The Morgan fingerprint density at radius 3 is 2.38 bits per heavy atom. The SMILES string of the molecule is Cc1ccc(N2C(C)CCCC2C)c(F)c1. The van der Waals surface area contributed by atoms with Gasteiger partial charge in [-0.15, -0.1) is 0 Å². The second-order valence-electron chi connectivity index (χ2n) is 4.99. The summed E-state index contributed by atoms with van der Waals surface area (Å²) in [5.74, 6) is -0.0828. The van der Waals surface area contributed by atoms with Gasteiger partial charge in [-0.05, 0) is 57.7 Å². The highest BCUT2D eigenvalue weighted by Crippen LogP contribution is 2.31. The van der Waals surface area contributed by atoms with Crippen LogP contribution in [0.25, 0.3) is 0 Å². The lowest BCUT2D eigenvalue weighted by molar-refractivity contribution is 0.408. The van der Waals surface area contributed by atoms with Gasteiger partial charge in [0.05, 0.1) is 5.69 Å². The summed E-state index contributed by atoms with van der Waals surface area (Å²) < 4.78 is 13.9. The van der Waals surface area contributed by atoms with E-state index in [4.69, 9.17) is 0 Å². The van der Waals surface area contributed by atoms with E-state index in [9.17, 15) is 4.39 Å². The van der Waals surface area contributed by atoms with Crippen LogP contribution in [0.5, 0.6) is 0 Å². The molecule has 1 saturated heterocycles. The quantitative estimate of drug-likeness (QED) is 0.695. The highest BCUT2D eigenvalue weighted by atomic mass is 19.1. The number of hydrogen-bond acceptors (Lipinski definition) is 1. The molecule has 1 aromatic rings. The zero-order valence-electron chi connectivity index (χ0n) is 10.3. The van der Waals surface area contributed by atoms with E-state index >= 15 is 0 Å². The number of benzene rings is 1. The molecule has 0 aliphatic carbocycles. The Morgan fingerprint density at radius 2 is 1.81 bits per heavy atom. The van der Waals surface area contributed by atoms with Gasteiger partial charge in [-0.25, -0.2) is 4.39 Å². The molecule has 2 heteroatoms. The molecule has 0 saturated carbocycles. The smallest absolute Gasteiger partial charge is 0.146 e. The van der Waals surface area contributed by atoms with E-state index in [-0.39, 0.29) is 5.82 Å². The third kappa shape index (κ3) is 2.06. The van der Waals surface area contributed by atoms with E-state index in [1.165, 1.54) is 6.42 Å². The lowest BCUT2D eigenvalue weighted by atomic mass is 9.96. The third-order valence-corrected chi connectivity index (χ3v) is 3.57.